The van der Waals surface area contributed by atoms with Crippen molar-refractivity contribution in [3.63, 3.8) is 0 Å². The lowest BCUT2D eigenvalue weighted by molar-refractivity contribution is -0.119. The summed E-state index contributed by atoms with van der Waals surface area (Å²) in [6, 6.07) is 3.78. The van der Waals surface area contributed by atoms with Crippen LogP contribution in [-0.4, -0.2) is 33.4 Å². The summed E-state index contributed by atoms with van der Waals surface area (Å²) < 4.78 is 5.42. The molecule has 0 aliphatic rings. The lowest BCUT2D eigenvalue weighted by Crippen LogP contribution is -2.27. The number of thioether (sulfide) groups is 1. The third-order valence-corrected chi connectivity index (χ3v) is 3.51. The van der Waals surface area contributed by atoms with Gasteiger partial charge < -0.3 is 9.73 Å². The van der Waals surface area contributed by atoms with Gasteiger partial charge in [0.25, 0.3) is 0 Å². The van der Waals surface area contributed by atoms with Crippen LogP contribution >= 0.6 is 11.8 Å². The molecule has 1 unspecified atom stereocenters. The first-order chi connectivity index (χ1) is 9.58. The zero-order valence-electron chi connectivity index (χ0n) is 11.5. The Morgan fingerprint density at radius 1 is 1.50 bits per heavy atom. The van der Waals surface area contributed by atoms with Crippen molar-refractivity contribution in [2.75, 3.05) is 7.05 Å². The topological polar surface area (TPSA) is 83.8 Å². The minimum Gasteiger partial charge on any atom is -0.462 e. The number of aryl methyl sites for hydroxylation is 1. The molecule has 0 radical (unpaired) electrons. The molecule has 0 saturated carbocycles. The van der Waals surface area contributed by atoms with E-state index < -0.39 is 0 Å². The molecule has 6 nitrogen and oxygen atoms in total. The fourth-order valence-corrected chi connectivity index (χ4v) is 2.29. The molecule has 2 N–H and O–H groups in total. The van der Waals surface area contributed by atoms with E-state index >= 15 is 0 Å². The molecule has 0 bridgehead atoms. The van der Waals surface area contributed by atoms with Crippen LogP contribution in [0.1, 0.15) is 24.3 Å². The Hall–Kier alpha value is -2.02. The number of hydrogen-bond acceptors (Lipinski definition) is 5. The second-order valence-corrected chi connectivity index (χ2v) is 5.47. The van der Waals surface area contributed by atoms with E-state index in [1.807, 2.05) is 25.1 Å². The van der Waals surface area contributed by atoms with Gasteiger partial charge in [0.1, 0.15) is 17.3 Å². The number of nitrogens with one attached hydrogen (secondary N) is 2. The first-order valence-corrected chi connectivity index (χ1v) is 7.01. The van der Waals surface area contributed by atoms with E-state index in [9.17, 15) is 4.79 Å². The van der Waals surface area contributed by atoms with Crippen LogP contribution in [-0.2, 0) is 4.79 Å². The van der Waals surface area contributed by atoms with Gasteiger partial charge in [-0.15, -0.1) is 5.10 Å². The first kappa shape index (κ1) is 14.4. The summed E-state index contributed by atoms with van der Waals surface area (Å²) >= 11 is 1.30. The predicted octanol–water partition coefficient (Wildman–Crippen LogP) is 2.10. The van der Waals surface area contributed by atoms with Crippen LogP contribution in [0.25, 0.3) is 12.2 Å². The molecule has 0 fully saturated rings. The van der Waals surface area contributed by atoms with Gasteiger partial charge in [0, 0.05) is 7.05 Å². The number of hydrogen-bond donors (Lipinski definition) is 2. The van der Waals surface area contributed by atoms with Crippen molar-refractivity contribution in [1.82, 2.24) is 20.5 Å². The number of rotatable bonds is 5. The van der Waals surface area contributed by atoms with Crippen molar-refractivity contribution in [3.05, 3.63) is 29.5 Å². The SMILES string of the molecule is CNC(=O)C(C)Sc1n[nH]c(C=Cc2ccc(C)o2)n1. The molecule has 7 heteroatoms. The molecule has 0 aromatic carbocycles. The number of nitrogens with zero attached hydrogens (tertiary/aromatic N) is 2. The molecular formula is C13H16N4O2S. The summed E-state index contributed by atoms with van der Waals surface area (Å²) in [5, 5.41) is 9.75. The molecule has 20 heavy (non-hydrogen) atoms. The van der Waals surface area contributed by atoms with Gasteiger partial charge in [0.15, 0.2) is 0 Å². The lowest BCUT2D eigenvalue weighted by atomic mass is 10.4. The normalized spacial score (nSPS) is 12.8. The molecule has 0 spiro atoms. The average Bonchev–Trinajstić information content (AvgIpc) is 3.04. The Balaban J connectivity index is 1.98. The van der Waals surface area contributed by atoms with Crippen LogP contribution in [0.3, 0.4) is 0 Å². The number of amides is 1. The fourth-order valence-electron chi connectivity index (χ4n) is 1.50. The van der Waals surface area contributed by atoms with Crippen LogP contribution in [0.2, 0.25) is 0 Å². The number of furan rings is 1. The Kier molecular flexibility index (Phi) is 4.62. The van der Waals surface area contributed by atoms with Crippen LogP contribution in [0.15, 0.2) is 21.7 Å². The Labute approximate surface area is 121 Å². The lowest BCUT2D eigenvalue weighted by Gasteiger charge is -2.05. The maximum absolute atomic E-state index is 11.4. The van der Waals surface area contributed by atoms with Crippen LogP contribution in [0.4, 0.5) is 0 Å². The Morgan fingerprint density at radius 3 is 2.95 bits per heavy atom. The quantitative estimate of drug-likeness (QED) is 0.825. The van der Waals surface area contributed by atoms with Gasteiger partial charge >= 0.3 is 0 Å². The summed E-state index contributed by atoms with van der Waals surface area (Å²) in [5.74, 6) is 2.18. The maximum Gasteiger partial charge on any atom is 0.233 e. The smallest absolute Gasteiger partial charge is 0.233 e. The van der Waals surface area contributed by atoms with E-state index in [-0.39, 0.29) is 11.2 Å². The number of carbonyl (C=O) groups is 1. The zero-order chi connectivity index (χ0) is 14.5. The van der Waals surface area contributed by atoms with E-state index in [0.29, 0.717) is 11.0 Å². The molecule has 0 aliphatic heterocycles. The van der Waals surface area contributed by atoms with Gasteiger partial charge in [-0.2, -0.15) is 0 Å². The largest absolute Gasteiger partial charge is 0.462 e. The predicted molar refractivity (Wildman–Crippen MR) is 78.1 cm³/mol. The molecule has 0 saturated heterocycles. The van der Waals surface area contributed by atoms with E-state index in [1.54, 1.807) is 20.0 Å². The molecule has 0 aliphatic carbocycles. The van der Waals surface area contributed by atoms with Gasteiger partial charge in [-0.3, -0.25) is 9.89 Å². The van der Waals surface area contributed by atoms with E-state index in [4.69, 9.17) is 4.42 Å². The number of H-pyrrole nitrogens is 1. The zero-order valence-corrected chi connectivity index (χ0v) is 12.3. The van der Waals surface area contributed by atoms with Gasteiger partial charge in [-0.1, -0.05) is 11.8 Å². The highest BCUT2D eigenvalue weighted by molar-refractivity contribution is 8.00. The number of aromatic amines is 1. The molecule has 1 amide bonds. The van der Waals surface area contributed by atoms with Crippen LogP contribution < -0.4 is 5.32 Å². The van der Waals surface area contributed by atoms with Crippen LogP contribution in [0.5, 0.6) is 0 Å². The third kappa shape index (κ3) is 3.74. The van der Waals surface area contributed by atoms with E-state index in [1.165, 1.54) is 11.8 Å². The minimum atomic E-state index is -0.236. The van der Waals surface area contributed by atoms with Gasteiger partial charge in [0.05, 0.1) is 5.25 Å². The number of carbonyl (C=O) groups excluding carboxylic acids is 1. The first-order valence-electron chi connectivity index (χ1n) is 6.13. The molecular weight excluding hydrogens is 276 g/mol. The second kappa shape index (κ2) is 6.42. The van der Waals surface area contributed by atoms with Crippen molar-refractivity contribution in [1.29, 1.82) is 0 Å². The summed E-state index contributed by atoms with van der Waals surface area (Å²) in [5.41, 5.74) is 0. The standard InChI is InChI=1S/C13H16N4O2S/c1-8-4-5-10(19-8)6-7-11-15-13(17-16-11)20-9(2)12(18)14-3/h4-7,9H,1-3H3,(H,14,18)(H,15,16,17). The highest BCUT2D eigenvalue weighted by Gasteiger charge is 2.15. The molecule has 2 rings (SSSR count). The second-order valence-electron chi connectivity index (χ2n) is 4.16. The average molecular weight is 292 g/mol. The van der Waals surface area contributed by atoms with Crippen molar-refractivity contribution < 1.29 is 9.21 Å². The molecule has 2 heterocycles. The van der Waals surface area contributed by atoms with E-state index in [2.05, 4.69) is 20.5 Å². The van der Waals surface area contributed by atoms with Gasteiger partial charge in [-0.25, -0.2) is 4.98 Å². The van der Waals surface area contributed by atoms with Gasteiger partial charge in [-0.05, 0) is 38.1 Å². The van der Waals surface area contributed by atoms with Crippen molar-refractivity contribution in [2.24, 2.45) is 0 Å². The van der Waals surface area contributed by atoms with Crippen molar-refractivity contribution in [3.8, 4) is 0 Å². The molecule has 2 aromatic rings. The Morgan fingerprint density at radius 2 is 2.30 bits per heavy atom. The van der Waals surface area contributed by atoms with E-state index in [0.717, 1.165) is 11.5 Å². The highest BCUT2D eigenvalue weighted by atomic mass is 32.2. The number of aromatic nitrogens is 3. The monoisotopic (exact) mass is 292 g/mol. The minimum absolute atomic E-state index is 0.0528. The fraction of sp³-hybridized carbons (Fsp3) is 0.308. The van der Waals surface area contributed by atoms with Crippen molar-refractivity contribution in [2.45, 2.75) is 24.3 Å². The summed E-state index contributed by atoms with van der Waals surface area (Å²) in [6.45, 7) is 3.70. The van der Waals surface area contributed by atoms with Crippen molar-refractivity contribution >= 4 is 29.8 Å². The van der Waals surface area contributed by atoms with Gasteiger partial charge in [0.2, 0.25) is 11.1 Å². The molecule has 106 valence electrons. The maximum atomic E-state index is 11.4. The summed E-state index contributed by atoms with van der Waals surface area (Å²) in [7, 11) is 1.61. The Bertz CT molecular complexity index is 617. The third-order valence-electron chi connectivity index (χ3n) is 2.55. The molecule has 1 atom stereocenters. The highest BCUT2D eigenvalue weighted by Crippen LogP contribution is 2.19. The summed E-state index contributed by atoms with van der Waals surface area (Å²) in [4.78, 5) is 15.7. The summed E-state index contributed by atoms with van der Waals surface area (Å²) in [6.07, 6.45) is 3.59. The van der Waals surface area contributed by atoms with Crippen LogP contribution in [0, 0.1) is 6.92 Å². The molecule has 2 aromatic heterocycles.